The first kappa shape index (κ1) is 21.5. The van der Waals surface area contributed by atoms with Crippen LogP contribution in [0.5, 0.6) is 11.5 Å². The number of rotatable bonds is 9. The summed E-state index contributed by atoms with van der Waals surface area (Å²) in [5.41, 5.74) is 1.22. The summed E-state index contributed by atoms with van der Waals surface area (Å²) in [6.07, 6.45) is 5.02. The second-order valence-corrected chi connectivity index (χ2v) is 6.02. The van der Waals surface area contributed by atoms with Gasteiger partial charge >= 0.3 is 5.97 Å². The summed E-state index contributed by atoms with van der Waals surface area (Å²) in [4.78, 5) is 23.7. The molecule has 0 bridgehead atoms. The summed E-state index contributed by atoms with van der Waals surface area (Å²) in [7, 11) is 3.08. The van der Waals surface area contributed by atoms with Crippen molar-refractivity contribution in [1.29, 1.82) is 0 Å². The number of ketones is 1. The number of methoxy groups -OCH3 is 2. The molecular weight excluding hydrogens is 372 g/mol. The zero-order chi connectivity index (χ0) is 21.2. The molecule has 2 rings (SSSR count). The maximum atomic E-state index is 12.5. The number of carbonyl (C=O) groups is 2. The third-order valence-corrected chi connectivity index (χ3v) is 3.98. The lowest BCUT2D eigenvalue weighted by atomic mass is 10.0. The van der Waals surface area contributed by atoms with Crippen LogP contribution in [0.15, 0.2) is 72.0 Å². The second kappa shape index (κ2) is 10.5. The molecule has 0 amide bonds. The largest absolute Gasteiger partial charge is 0.508 e. The smallest absolute Gasteiger partial charge is 0.308 e. The van der Waals surface area contributed by atoms with Crippen LogP contribution in [0.2, 0.25) is 0 Å². The van der Waals surface area contributed by atoms with Gasteiger partial charge in [0, 0.05) is 0 Å². The molecule has 29 heavy (non-hydrogen) atoms. The summed E-state index contributed by atoms with van der Waals surface area (Å²) in [6.45, 7) is 0. The van der Waals surface area contributed by atoms with E-state index in [2.05, 4.69) is 0 Å². The molecule has 0 aliphatic heterocycles. The topological polar surface area (TPSA) is 93.1 Å². The van der Waals surface area contributed by atoms with Gasteiger partial charge in [-0.05, 0) is 47.5 Å². The van der Waals surface area contributed by atoms with Crippen LogP contribution in [-0.2, 0) is 9.59 Å². The summed E-state index contributed by atoms with van der Waals surface area (Å²) >= 11 is 0. The molecule has 0 fully saturated rings. The predicted octanol–water partition coefficient (Wildman–Crippen LogP) is 4.29. The SMILES string of the molecule is COc1cccc(/C=C/C(=O)/C(CC(=O)O)=C(O)/C=C/c2cccc(OC)c2)c1. The first-order valence-electron chi connectivity index (χ1n) is 8.75. The Labute approximate surface area is 169 Å². The van der Waals surface area contributed by atoms with E-state index in [0.29, 0.717) is 17.1 Å². The quantitative estimate of drug-likeness (QED) is 0.374. The first-order valence-corrected chi connectivity index (χ1v) is 8.75. The summed E-state index contributed by atoms with van der Waals surface area (Å²) in [5, 5.41) is 19.4. The van der Waals surface area contributed by atoms with E-state index in [1.165, 1.54) is 25.3 Å². The number of benzene rings is 2. The van der Waals surface area contributed by atoms with Gasteiger partial charge in [0.15, 0.2) is 5.78 Å². The average molecular weight is 394 g/mol. The molecule has 0 aromatic heterocycles. The lowest BCUT2D eigenvalue weighted by Gasteiger charge is -2.04. The minimum absolute atomic E-state index is 0.212. The Morgan fingerprint density at radius 1 is 0.862 bits per heavy atom. The number of aliphatic hydroxyl groups is 1. The Bertz CT molecular complexity index is 969. The molecule has 0 radical (unpaired) electrons. The van der Waals surface area contributed by atoms with E-state index in [1.54, 1.807) is 61.7 Å². The Morgan fingerprint density at radius 2 is 1.38 bits per heavy atom. The molecule has 0 atom stereocenters. The summed E-state index contributed by atoms with van der Waals surface area (Å²) < 4.78 is 10.3. The number of carboxylic acids is 1. The van der Waals surface area contributed by atoms with E-state index < -0.39 is 23.9 Å². The highest BCUT2D eigenvalue weighted by Crippen LogP contribution is 2.18. The van der Waals surface area contributed by atoms with Crippen molar-refractivity contribution in [2.45, 2.75) is 6.42 Å². The van der Waals surface area contributed by atoms with Gasteiger partial charge in [0.1, 0.15) is 17.3 Å². The zero-order valence-electron chi connectivity index (χ0n) is 16.2. The molecule has 0 spiro atoms. The van der Waals surface area contributed by atoms with Gasteiger partial charge in [-0.2, -0.15) is 0 Å². The number of hydrogen-bond donors (Lipinski definition) is 2. The van der Waals surface area contributed by atoms with E-state index in [-0.39, 0.29) is 5.57 Å². The third-order valence-electron chi connectivity index (χ3n) is 3.98. The van der Waals surface area contributed by atoms with Crippen LogP contribution in [0.1, 0.15) is 17.5 Å². The fourth-order valence-corrected chi connectivity index (χ4v) is 2.49. The van der Waals surface area contributed by atoms with Crippen LogP contribution in [-0.4, -0.2) is 36.2 Å². The van der Waals surface area contributed by atoms with Crippen molar-refractivity contribution in [1.82, 2.24) is 0 Å². The summed E-state index contributed by atoms with van der Waals surface area (Å²) in [5.74, 6) is -0.952. The molecule has 0 unspecified atom stereocenters. The molecule has 0 aliphatic rings. The van der Waals surface area contributed by atoms with Crippen LogP contribution in [0, 0.1) is 0 Å². The predicted molar refractivity (Wildman–Crippen MR) is 111 cm³/mol. The number of carboxylic acid groups (broad SMARTS) is 1. The Kier molecular flexibility index (Phi) is 7.79. The minimum Gasteiger partial charge on any atom is -0.508 e. The number of hydrogen-bond acceptors (Lipinski definition) is 5. The fraction of sp³-hybridized carbons (Fsp3) is 0.130. The maximum absolute atomic E-state index is 12.5. The van der Waals surface area contributed by atoms with Crippen LogP contribution in [0.25, 0.3) is 12.2 Å². The van der Waals surface area contributed by atoms with Gasteiger partial charge < -0.3 is 19.7 Å². The van der Waals surface area contributed by atoms with Crippen molar-refractivity contribution in [2.24, 2.45) is 0 Å². The van der Waals surface area contributed by atoms with E-state index in [0.717, 1.165) is 5.56 Å². The lowest BCUT2D eigenvalue weighted by molar-refractivity contribution is -0.136. The molecule has 2 aromatic carbocycles. The summed E-state index contributed by atoms with van der Waals surface area (Å²) in [6, 6.07) is 14.1. The standard InChI is InChI=1S/C23H22O6/c1-28-18-7-3-5-16(13-18)9-11-21(24)20(15-23(26)27)22(25)12-10-17-6-4-8-19(14-17)29-2/h3-14,24H,15H2,1-2H3,(H,26,27)/b11-9+,12-10+,21-20-. The molecule has 6 nitrogen and oxygen atoms in total. The Balaban J connectivity index is 2.27. The highest BCUT2D eigenvalue weighted by molar-refractivity contribution is 6.09. The monoisotopic (exact) mass is 394 g/mol. The van der Waals surface area contributed by atoms with Gasteiger partial charge in [-0.25, -0.2) is 0 Å². The van der Waals surface area contributed by atoms with Gasteiger partial charge in [-0.3, -0.25) is 9.59 Å². The second-order valence-electron chi connectivity index (χ2n) is 6.02. The van der Waals surface area contributed by atoms with Crippen LogP contribution >= 0.6 is 0 Å². The van der Waals surface area contributed by atoms with Crippen molar-refractivity contribution >= 4 is 23.9 Å². The van der Waals surface area contributed by atoms with Gasteiger partial charge in [-0.15, -0.1) is 0 Å². The molecule has 150 valence electrons. The van der Waals surface area contributed by atoms with E-state index >= 15 is 0 Å². The number of carbonyl (C=O) groups excluding carboxylic acids is 1. The zero-order valence-corrected chi connectivity index (χ0v) is 16.2. The van der Waals surface area contributed by atoms with E-state index in [1.807, 2.05) is 0 Å². The molecular formula is C23H22O6. The van der Waals surface area contributed by atoms with Crippen LogP contribution in [0.4, 0.5) is 0 Å². The Morgan fingerprint density at radius 3 is 1.86 bits per heavy atom. The van der Waals surface area contributed by atoms with Crippen LogP contribution in [0.3, 0.4) is 0 Å². The van der Waals surface area contributed by atoms with Crippen molar-refractivity contribution in [3.8, 4) is 11.5 Å². The molecule has 6 heteroatoms. The maximum Gasteiger partial charge on any atom is 0.308 e. The molecule has 2 aromatic rings. The minimum atomic E-state index is -1.22. The van der Waals surface area contributed by atoms with E-state index in [4.69, 9.17) is 14.6 Å². The first-order chi connectivity index (χ1) is 13.9. The van der Waals surface area contributed by atoms with Crippen molar-refractivity contribution in [3.63, 3.8) is 0 Å². The van der Waals surface area contributed by atoms with Gasteiger partial charge in [-0.1, -0.05) is 36.4 Å². The van der Waals surface area contributed by atoms with Crippen molar-refractivity contribution < 1.29 is 29.3 Å². The molecule has 2 N–H and O–H groups in total. The number of allylic oxidation sites excluding steroid dienone is 2. The van der Waals surface area contributed by atoms with Gasteiger partial charge in [0.25, 0.3) is 0 Å². The van der Waals surface area contributed by atoms with Crippen molar-refractivity contribution in [2.75, 3.05) is 14.2 Å². The van der Waals surface area contributed by atoms with Gasteiger partial charge in [0.05, 0.1) is 26.2 Å². The molecule has 0 saturated carbocycles. The molecule has 0 aliphatic carbocycles. The molecule has 0 saturated heterocycles. The third kappa shape index (κ3) is 6.70. The number of aliphatic hydroxyl groups excluding tert-OH is 1. The highest BCUT2D eigenvalue weighted by Gasteiger charge is 2.15. The fourth-order valence-electron chi connectivity index (χ4n) is 2.49. The normalized spacial score (nSPS) is 12.1. The number of aliphatic carboxylic acids is 1. The van der Waals surface area contributed by atoms with Gasteiger partial charge in [0.2, 0.25) is 0 Å². The lowest BCUT2D eigenvalue weighted by Crippen LogP contribution is -2.08. The van der Waals surface area contributed by atoms with Crippen molar-refractivity contribution in [3.05, 3.63) is 83.1 Å². The van der Waals surface area contributed by atoms with E-state index in [9.17, 15) is 14.7 Å². The Hall–Kier alpha value is -3.80. The molecule has 0 heterocycles. The number of ether oxygens (including phenoxy) is 2. The van der Waals surface area contributed by atoms with Crippen LogP contribution < -0.4 is 9.47 Å². The highest BCUT2D eigenvalue weighted by atomic mass is 16.5. The average Bonchev–Trinajstić information content (AvgIpc) is 2.74.